The second kappa shape index (κ2) is 6.83. The highest BCUT2D eigenvalue weighted by atomic mass is 16.3. The molecule has 1 rings (SSSR count). The predicted molar refractivity (Wildman–Crippen MR) is 79.5 cm³/mol. The van der Waals surface area contributed by atoms with Crippen molar-refractivity contribution in [3.8, 4) is 0 Å². The van der Waals surface area contributed by atoms with Crippen LogP contribution >= 0.6 is 0 Å². The van der Waals surface area contributed by atoms with Gasteiger partial charge in [0, 0.05) is 11.5 Å². The molecule has 0 atom stereocenters. The summed E-state index contributed by atoms with van der Waals surface area (Å²) in [6, 6.07) is 0. The monoisotopic (exact) mass is 283 g/mol. The standard InChI is InChI=1S/C13H25N5O2/c1-5-13(6-19,7-20)17-11-9(4)12(18-14)16-10(15-11)8(2)3/h8,19-20H,5-7,14H2,1-4H3,(H2,15,16,17,18). The SMILES string of the molecule is CCC(CO)(CO)Nc1nc(C(C)C)nc(NN)c1C. The van der Waals surface area contributed by atoms with Gasteiger partial charge in [-0.15, -0.1) is 0 Å². The Hall–Kier alpha value is -1.44. The smallest absolute Gasteiger partial charge is 0.148 e. The topological polar surface area (TPSA) is 116 Å². The molecule has 0 radical (unpaired) electrons. The molecule has 0 bridgehead atoms. The van der Waals surface area contributed by atoms with Gasteiger partial charge >= 0.3 is 0 Å². The number of nitrogens with zero attached hydrogens (tertiary/aromatic N) is 2. The molecular weight excluding hydrogens is 258 g/mol. The average molecular weight is 283 g/mol. The van der Waals surface area contributed by atoms with Gasteiger partial charge in [0.1, 0.15) is 17.5 Å². The van der Waals surface area contributed by atoms with Gasteiger partial charge in [0.15, 0.2) is 0 Å². The van der Waals surface area contributed by atoms with Gasteiger partial charge < -0.3 is 21.0 Å². The van der Waals surface area contributed by atoms with Crippen LogP contribution in [0.5, 0.6) is 0 Å². The Morgan fingerprint density at radius 1 is 1.20 bits per heavy atom. The zero-order chi connectivity index (χ0) is 15.3. The quantitative estimate of drug-likeness (QED) is 0.370. The summed E-state index contributed by atoms with van der Waals surface area (Å²) in [5.41, 5.74) is 2.50. The summed E-state index contributed by atoms with van der Waals surface area (Å²) in [5, 5.41) is 22.2. The molecule has 1 heterocycles. The van der Waals surface area contributed by atoms with E-state index in [9.17, 15) is 10.2 Å². The number of hydrogen-bond donors (Lipinski definition) is 5. The molecule has 114 valence electrons. The van der Waals surface area contributed by atoms with Crippen molar-refractivity contribution in [3.63, 3.8) is 0 Å². The highest BCUT2D eigenvalue weighted by Crippen LogP contribution is 2.26. The molecule has 0 aromatic carbocycles. The van der Waals surface area contributed by atoms with E-state index < -0.39 is 5.54 Å². The number of nitrogens with one attached hydrogen (secondary N) is 2. The zero-order valence-corrected chi connectivity index (χ0v) is 12.6. The maximum Gasteiger partial charge on any atom is 0.148 e. The fourth-order valence-corrected chi connectivity index (χ4v) is 1.75. The van der Waals surface area contributed by atoms with Crippen molar-refractivity contribution in [3.05, 3.63) is 11.4 Å². The van der Waals surface area contributed by atoms with Gasteiger partial charge in [-0.3, -0.25) is 0 Å². The molecule has 0 amide bonds. The van der Waals surface area contributed by atoms with Crippen molar-refractivity contribution in [1.29, 1.82) is 0 Å². The lowest BCUT2D eigenvalue weighted by Crippen LogP contribution is -2.45. The molecular formula is C13H25N5O2. The summed E-state index contributed by atoms with van der Waals surface area (Å²) in [6.07, 6.45) is 0.561. The van der Waals surface area contributed by atoms with Crippen LogP contribution in [0.15, 0.2) is 0 Å². The van der Waals surface area contributed by atoms with Gasteiger partial charge in [0.25, 0.3) is 0 Å². The summed E-state index contributed by atoms with van der Waals surface area (Å²) in [5.74, 6) is 7.37. The van der Waals surface area contributed by atoms with E-state index in [4.69, 9.17) is 5.84 Å². The molecule has 0 saturated heterocycles. The van der Waals surface area contributed by atoms with E-state index in [1.54, 1.807) is 0 Å². The highest BCUT2D eigenvalue weighted by molar-refractivity contribution is 5.58. The van der Waals surface area contributed by atoms with E-state index in [2.05, 4.69) is 20.7 Å². The van der Waals surface area contributed by atoms with Crippen LogP contribution in [0.2, 0.25) is 0 Å². The first-order valence-corrected chi connectivity index (χ1v) is 6.78. The second-order valence-electron chi connectivity index (χ2n) is 5.28. The van der Waals surface area contributed by atoms with Crippen LogP contribution < -0.4 is 16.6 Å². The fraction of sp³-hybridized carbons (Fsp3) is 0.692. The highest BCUT2D eigenvalue weighted by Gasteiger charge is 2.28. The maximum absolute atomic E-state index is 9.53. The van der Waals surface area contributed by atoms with Crippen molar-refractivity contribution in [2.24, 2.45) is 5.84 Å². The number of hydrogen-bond acceptors (Lipinski definition) is 7. The van der Waals surface area contributed by atoms with E-state index in [0.717, 1.165) is 5.56 Å². The molecule has 0 aliphatic carbocycles. The summed E-state index contributed by atoms with van der Waals surface area (Å²) in [4.78, 5) is 8.82. The van der Waals surface area contributed by atoms with Crippen molar-refractivity contribution in [2.45, 2.75) is 45.6 Å². The number of nitrogens with two attached hydrogens (primary N) is 1. The number of hydrazine groups is 1. The number of aliphatic hydroxyl groups excluding tert-OH is 2. The van der Waals surface area contributed by atoms with Crippen molar-refractivity contribution < 1.29 is 10.2 Å². The lowest BCUT2D eigenvalue weighted by atomic mass is 9.98. The minimum absolute atomic E-state index is 0.141. The molecule has 1 aromatic rings. The van der Waals surface area contributed by atoms with E-state index in [1.807, 2.05) is 27.7 Å². The molecule has 0 spiro atoms. The summed E-state index contributed by atoms with van der Waals surface area (Å²) in [7, 11) is 0. The number of aromatic nitrogens is 2. The van der Waals surface area contributed by atoms with Crippen LogP contribution in [0, 0.1) is 6.92 Å². The van der Waals surface area contributed by atoms with E-state index in [-0.39, 0.29) is 19.1 Å². The third kappa shape index (κ3) is 3.36. The largest absolute Gasteiger partial charge is 0.394 e. The van der Waals surface area contributed by atoms with Gasteiger partial charge in [-0.2, -0.15) is 0 Å². The molecule has 0 unspecified atom stereocenters. The number of rotatable bonds is 7. The third-order valence-corrected chi connectivity index (χ3v) is 3.48. The van der Waals surface area contributed by atoms with Crippen molar-refractivity contribution in [2.75, 3.05) is 24.0 Å². The Balaban J connectivity index is 3.25. The van der Waals surface area contributed by atoms with Crippen LogP contribution in [0.4, 0.5) is 11.6 Å². The van der Waals surface area contributed by atoms with Gasteiger partial charge in [0.05, 0.1) is 18.8 Å². The summed E-state index contributed by atoms with van der Waals surface area (Å²) in [6.45, 7) is 7.32. The maximum atomic E-state index is 9.53. The van der Waals surface area contributed by atoms with Crippen molar-refractivity contribution in [1.82, 2.24) is 9.97 Å². The molecule has 0 saturated carbocycles. The minimum atomic E-state index is -0.806. The Bertz CT molecular complexity index is 438. The molecule has 1 aromatic heterocycles. The third-order valence-electron chi connectivity index (χ3n) is 3.48. The molecule has 0 aliphatic rings. The van der Waals surface area contributed by atoms with Crippen LogP contribution in [0.25, 0.3) is 0 Å². The Morgan fingerprint density at radius 3 is 2.15 bits per heavy atom. The van der Waals surface area contributed by atoms with Crippen LogP contribution in [-0.4, -0.2) is 38.9 Å². The normalized spacial score (nSPS) is 11.8. The van der Waals surface area contributed by atoms with Gasteiger partial charge in [-0.05, 0) is 13.3 Å². The first-order chi connectivity index (χ1) is 9.42. The van der Waals surface area contributed by atoms with E-state index >= 15 is 0 Å². The van der Waals surface area contributed by atoms with Gasteiger partial charge in [-0.1, -0.05) is 20.8 Å². The number of aliphatic hydroxyl groups is 2. The van der Waals surface area contributed by atoms with E-state index in [1.165, 1.54) is 0 Å². The van der Waals surface area contributed by atoms with Crippen molar-refractivity contribution >= 4 is 11.6 Å². The second-order valence-corrected chi connectivity index (χ2v) is 5.28. The lowest BCUT2D eigenvalue weighted by molar-refractivity contribution is 0.132. The zero-order valence-electron chi connectivity index (χ0n) is 12.6. The molecule has 7 heteroatoms. The Kier molecular flexibility index (Phi) is 5.67. The van der Waals surface area contributed by atoms with E-state index in [0.29, 0.717) is 23.9 Å². The lowest BCUT2D eigenvalue weighted by Gasteiger charge is -2.31. The molecule has 0 aliphatic heterocycles. The average Bonchev–Trinajstić information content (AvgIpc) is 2.46. The first-order valence-electron chi connectivity index (χ1n) is 6.78. The number of nitrogen functional groups attached to an aromatic ring is 1. The Labute approximate surface area is 119 Å². The van der Waals surface area contributed by atoms with Gasteiger partial charge in [-0.25, -0.2) is 15.8 Å². The fourth-order valence-electron chi connectivity index (χ4n) is 1.75. The van der Waals surface area contributed by atoms with Crippen LogP contribution in [0.3, 0.4) is 0 Å². The molecule has 6 N–H and O–H groups in total. The minimum Gasteiger partial charge on any atom is -0.394 e. The van der Waals surface area contributed by atoms with Crippen LogP contribution in [-0.2, 0) is 0 Å². The van der Waals surface area contributed by atoms with Crippen LogP contribution in [0.1, 0.15) is 44.5 Å². The summed E-state index contributed by atoms with van der Waals surface area (Å²) < 4.78 is 0. The molecule has 0 fully saturated rings. The van der Waals surface area contributed by atoms with Gasteiger partial charge in [0.2, 0.25) is 0 Å². The summed E-state index contributed by atoms with van der Waals surface area (Å²) >= 11 is 0. The first kappa shape index (κ1) is 16.6. The Morgan fingerprint density at radius 2 is 1.75 bits per heavy atom. The molecule has 20 heavy (non-hydrogen) atoms. The predicted octanol–water partition coefficient (Wildman–Crippen LogP) is 0.739. The molecule has 7 nitrogen and oxygen atoms in total. The number of anilines is 2.